The molecule has 0 amide bonds. The van der Waals surface area contributed by atoms with Crippen LogP contribution in [0.2, 0.25) is 0 Å². The van der Waals surface area contributed by atoms with Crippen molar-refractivity contribution in [2.75, 3.05) is 25.6 Å². The maximum absolute atomic E-state index is 10.7. The lowest BCUT2D eigenvalue weighted by atomic mass is 10.2. The van der Waals surface area contributed by atoms with Gasteiger partial charge in [-0.1, -0.05) is 0 Å². The summed E-state index contributed by atoms with van der Waals surface area (Å²) >= 11 is 5.07. The SMILES string of the molecule is COCCNC(=S)Nc1ccc([N+](=O)[O-])c(C)c1. The molecule has 0 unspecified atom stereocenters. The van der Waals surface area contributed by atoms with Crippen molar-refractivity contribution < 1.29 is 9.66 Å². The van der Waals surface area contributed by atoms with Gasteiger partial charge in [-0.15, -0.1) is 0 Å². The van der Waals surface area contributed by atoms with E-state index in [1.54, 1.807) is 26.2 Å². The van der Waals surface area contributed by atoms with Crippen molar-refractivity contribution in [3.8, 4) is 0 Å². The number of hydrogen-bond acceptors (Lipinski definition) is 4. The number of methoxy groups -OCH3 is 1. The first kappa shape index (κ1) is 14.3. The van der Waals surface area contributed by atoms with Gasteiger partial charge in [-0.3, -0.25) is 10.1 Å². The largest absolute Gasteiger partial charge is 0.383 e. The minimum atomic E-state index is -0.408. The van der Waals surface area contributed by atoms with Crippen LogP contribution >= 0.6 is 12.2 Å². The third-order valence-corrected chi connectivity index (χ3v) is 2.49. The zero-order valence-electron chi connectivity index (χ0n) is 10.2. The van der Waals surface area contributed by atoms with Gasteiger partial charge in [-0.25, -0.2) is 0 Å². The predicted molar refractivity (Wildman–Crippen MR) is 73.9 cm³/mol. The Hall–Kier alpha value is -1.73. The molecule has 0 radical (unpaired) electrons. The van der Waals surface area contributed by atoms with Crippen LogP contribution in [0.25, 0.3) is 0 Å². The number of ether oxygens (including phenoxy) is 1. The molecule has 0 spiro atoms. The Balaban J connectivity index is 2.60. The summed E-state index contributed by atoms with van der Waals surface area (Å²) in [6.45, 7) is 2.85. The zero-order valence-corrected chi connectivity index (χ0v) is 11.0. The van der Waals surface area contributed by atoms with Gasteiger partial charge in [0.2, 0.25) is 0 Å². The zero-order chi connectivity index (χ0) is 13.5. The Morgan fingerprint density at radius 1 is 1.56 bits per heavy atom. The van der Waals surface area contributed by atoms with Crippen molar-refractivity contribution >= 4 is 28.7 Å². The van der Waals surface area contributed by atoms with E-state index in [1.807, 2.05) is 0 Å². The van der Waals surface area contributed by atoms with Gasteiger partial charge in [-0.2, -0.15) is 0 Å². The predicted octanol–water partition coefficient (Wildman–Crippen LogP) is 1.84. The summed E-state index contributed by atoms with van der Waals surface area (Å²) in [4.78, 5) is 10.3. The van der Waals surface area contributed by atoms with Crippen molar-refractivity contribution in [3.05, 3.63) is 33.9 Å². The van der Waals surface area contributed by atoms with Gasteiger partial charge in [0.25, 0.3) is 5.69 Å². The number of nitro benzene ring substituents is 1. The maximum atomic E-state index is 10.7. The summed E-state index contributed by atoms with van der Waals surface area (Å²) in [5.41, 5.74) is 1.40. The van der Waals surface area contributed by atoms with Gasteiger partial charge in [-0.05, 0) is 31.3 Å². The van der Waals surface area contributed by atoms with E-state index in [1.165, 1.54) is 6.07 Å². The molecule has 0 aromatic heterocycles. The standard InChI is InChI=1S/C11H15N3O3S/c1-8-7-9(3-4-10(8)14(15)16)13-11(18)12-5-6-17-2/h3-4,7H,5-6H2,1-2H3,(H2,12,13,18). The van der Waals surface area contributed by atoms with Crippen LogP contribution < -0.4 is 10.6 Å². The van der Waals surface area contributed by atoms with E-state index < -0.39 is 4.92 Å². The van der Waals surface area contributed by atoms with Crippen LogP contribution in [0.3, 0.4) is 0 Å². The lowest BCUT2D eigenvalue weighted by Crippen LogP contribution is -2.31. The minimum Gasteiger partial charge on any atom is -0.383 e. The van der Waals surface area contributed by atoms with Crippen LogP contribution in [0, 0.1) is 17.0 Å². The Bertz CT molecular complexity index is 451. The van der Waals surface area contributed by atoms with Gasteiger partial charge in [0, 0.05) is 31.0 Å². The molecule has 0 bridgehead atoms. The molecule has 18 heavy (non-hydrogen) atoms. The number of rotatable bonds is 5. The highest BCUT2D eigenvalue weighted by molar-refractivity contribution is 7.80. The molecule has 0 saturated heterocycles. The normalized spacial score (nSPS) is 9.89. The van der Waals surface area contributed by atoms with E-state index in [2.05, 4.69) is 10.6 Å². The van der Waals surface area contributed by atoms with Crippen molar-refractivity contribution in [2.24, 2.45) is 0 Å². The van der Waals surface area contributed by atoms with Gasteiger partial charge < -0.3 is 15.4 Å². The summed E-state index contributed by atoms with van der Waals surface area (Å²) in [5.74, 6) is 0. The van der Waals surface area contributed by atoms with Crippen molar-refractivity contribution in [2.45, 2.75) is 6.92 Å². The van der Waals surface area contributed by atoms with Crippen molar-refractivity contribution in [1.29, 1.82) is 0 Å². The molecule has 0 aliphatic carbocycles. The Morgan fingerprint density at radius 3 is 2.83 bits per heavy atom. The molecule has 0 aliphatic rings. The number of nitrogens with zero attached hydrogens (tertiary/aromatic N) is 1. The maximum Gasteiger partial charge on any atom is 0.272 e. The number of nitro groups is 1. The molecule has 0 aliphatic heterocycles. The molecular weight excluding hydrogens is 254 g/mol. The second-order valence-corrected chi connectivity index (χ2v) is 4.04. The second kappa shape index (κ2) is 6.87. The average molecular weight is 269 g/mol. The van der Waals surface area contributed by atoms with Crippen LogP contribution in [-0.2, 0) is 4.74 Å². The van der Waals surface area contributed by atoms with E-state index in [0.717, 1.165) is 0 Å². The van der Waals surface area contributed by atoms with E-state index in [9.17, 15) is 10.1 Å². The molecule has 6 nitrogen and oxygen atoms in total. The second-order valence-electron chi connectivity index (χ2n) is 3.63. The van der Waals surface area contributed by atoms with Gasteiger partial charge >= 0.3 is 0 Å². The van der Waals surface area contributed by atoms with Crippen LogP contribution in [0.4, 0.5) is 11.4 Å². The highest BCUT2D eigenvalue weighted by atomic mass is 32.1. The van der Waals surface area contributed by atoms with E-state index in [-0.39, 0.29) is 5.69 Å². The lowest BCUT2D eigenvalue weighted by Gasteiger charge is -2.10. The molecule has 1 aromatic rings. The van der Waals surface area contributed by atoms with Crippen LogP contribution in [0.5, 0.6) is 0 Å². The van der Waals surface area contributed by atoms with E-state index >= 15 is 0 Å². The molecule has 0 atom stereocenters. The fraction of sp³-hybridized carbons (Fsp3) is 0.364. The lowest BCUT2D eigenvalue weighted by molar-refractivity contribution is -0.385. The molecule has 1 rings (SSSR count). The van der Waals surface area contributed by atoms with Gasteiger partial charge in [0.1, 0.15) is 0 Å². The molecule has 0 fully saturated rings. The smallest absolute Gasteiger partial charge is 0.272 e. The fourth-order valence-corrected chi connectivity index (χ4v) is 1.60. The summed E-state index contributed by atoms with van der Waals surface area (Å²) in [6, 6.07) is 4.76. The van der Waals surface area contributed by atoms with Crippen molar-refractivity contribution in [3.63, 3.8) is 0 Å². The Labute approximate surface area is 110 Å². The third kappa shape index (κ3) is 4.27. The number of thiocarbonyl (C=S) groups is 1. The number of benzene rings is 1. The van der Waals surface area contributed by atoms with E-state index in [4.69, 9.17) is 17.0 Å². The Kier molecular flexibility index (Phi) is 5.47. The van der Waals surface area contributed by atoms with Gasteiger partial charge in [0.05, 0.1) is 11.5 Å². The van der Waals surface area contributed by atoms with Crippen LogP contribution in [0.1, 0.15) is 5.56 Å². The molecule has 1 aromatic carbocycles. The van der Waals surface area contributed by atoms with E-state index in [0.29, 0.717) is 29.5 Å². The summed E-state index contributed by atoms with van der Waals surface area (Å²) in [6.07, 6.45) is 0. The molecule has 7 heteroatoms. The fourth-order valence-electron chi connectivity index (χ4n) is 1.38. The average Bonchev–Trinajstić information content (AvgIpc) is 2.28. The summed E-state index contributed by atoms with van der Waals surface area (Å²) in [7, 11) is 1.61. The van der Waals surface area contributed by atoms with Crippen LogP contribution in [-0.4, -0.2) is 30.3 Å². The first-order valence-corrected chi connectivity index (χ1v) is 5.74. The van der Waals surface area contributed by atoms with Crippen molar-refractivity contribution in [1.82, 2.24) is 5.32 Å². The molecular formula is C11H15N3O3S. The minimum absolute atomic E-state index is 0.0961. The Morgan fingerprint density at radius 2 is 2.28 bits per heavy atom. The number of anilines is 1. The molecule has 0 saturated carbocycles. The topological polar surface area (TPSA) is 76.4 Å². The number of nitrogens with one attached hydrogen (secondary N) is 2. The first-order chi connectivity index (χ1) is 8.54. The number of aryl methyl sites for hydroxylation is 1. The highest BCUT2D eigenvalue weighted by Gasteiger charge is 2.10. The molecule has 0 heterocycles. The van der Waals surface area contributed by atoms with Crippen LogP contribution in [0.15, 0.2) is 18.2 Å². The summed E-state index contributed by atoms with van der Waals surface area (Å²) < 4.78 is 4.88. The van der Waals surface area contributed by atoms with Gasteiger partial charge in [0.15, 0.2) is 5.11 Å². The summed E-state index contributed by atoms with van der Waals surface area (Å²) in [5, 5.41) is 17.0. The molecule has 98 valence electrons. The highest BCUT2D eigenvalue weighted by Crippen LogP contribution is 2.21. The molecule has 2 N–H and O–H groups in total. The monoisotopic (exact) mass is 269 g/mol. The third-order valence-electron chi connectivity index (χ3n) is 2.24. The quantitative estimate of drug-likeness (QED) is 0.367. The number of hydrogen-bond donors (Lipinski definition) is 2. The first-order valence-electron chi connectivity index (χ1n) is 5.33.